The maximum atomic E-state index is 5.21. The van der Waals surface area contributed by atoms with E-state index in [4.69, 9.17) is 9.15 Å². The molecule has 0 aromatic carbocycles. The van der Waals surface area contributed by atoms with Crippen molar-refractivity contribution in [2.75, 3.05) is 0 Å². The Balaban J connectivity index is 2.07. The lowest BCUT2D eigenvalue weighted by Gasteiger charge is -1.98. The fourth-order valence-electron chi connectivity index (χ4n) is 1.41. The third-order valence-electron chi connectivity index (χ3n) is 2.11. The van der Waals surface area contributed by atoms with Gasteiger partial charge in [-0.05, 0) is 24.4 Å². The van der Waals surface area contributed by atoms with E-state index in [2.05, 4.69) is 32.2 Å². The third kappa shape index (κ3) is 1.76. The number of nitrogens with one attached hydrogen (secondary N) is 1. The van der Waals surface area contributed by atoms with Crippen molar-refractivity contribution in [3.05, 3.63) is 24.6 Å². The van der Waals surface area contributed by atoms with Crippen LogP contribution in [0.4, 0.5) is 0 Å². The lowest BCUT2D eigenvalue weighted by atomic mass is 10.4. The molecule has 0 fully saturated rings. The Morgan fingerprint density at radius 3 is 3.00 bits per heavy atom. The van der Waals surface area contributed by atoms with Gasteiger partial charge in [0.15, 0.2) is 23.0 Å². The van der Waals surface area contributed by atoms with Crippen LogP contribution in [0.25, 0.3) is 23.1 Å². The zero-order valence-corrected chi connectivity index (χ0v) is 9.27. The maximum absolute atomic E-state index is 5.21. The summed E-state index contributed by atoms with van der Waals surface area (Å²) in [6, 6.07) is 3.83. The highest BCUT2D eigenvalue weighted by Crippen LogP contribution is 2.24. The second-order valence-corrected chi connectivity index (χ2v) is 3.35. The zero-order valence-electron chi connectivity index (χ0n) is 8.45. The summed E-state index contributed by atoms with van der Waals surface area (Å²) in [6.45, 7) is 0. The van der Waals surface area contributed by atoms with Crippen molar-refractivity contribution in [2.45, 2.75) is 0 Å². The van der Waals surface area contributed by atoms with Gasteiger partial charge in [0, 0.05) is 6.20 Å². The van der Waals surface area contributed by atoms with Gasteiger partial charge in [0.05, 0.1) is 6.26 Å². The molecule has 17 heavy (non-hydrogen) atoms. The molecule has 84 valence electrons. The summed E-state index contributed by atoms with van der Waals surface area (Å²) in [6.07, 6.45) is 3.21. The van der Waals surface area contributed by atoms with E-state index in [1.807, 2.05) is 0 Å². The molecular weight excluding hydrogens is 240 g/mol. The van der Waals surface area contributed by atoms with Crippen LogP contribution in [0, 0.1) is 0 Å². The molecule has 1 aromatic heterocycles. The third-order valence-corrected chi connectivity index (χ3v) is 2.20. The number of hydrogen-bond donors (Lipinski definition) is 1. The van der Waals surface area contributed by atoms with E-state index in [0.717, 1.165) is 5.55 Å². The molecular formula is C10H6N4O2S. The van der Waals surface area contributed by atoms with Crippen LogP contribution >= 0.6 is 12.2 Å². The van der Waals surface area contributed by atoms with Gasteiger partial charge in [0.2, 0.25) is 0 Å². The summed E-state index contributed by atoms with van der Waals surface area (Å²) in [5.74, 6) is 1.56. The number of nitrogens with zero attached hydrogens (tertiary/aromatic N) is 3. The summed E-state index contributed by atoms with van der Waals surface area (Å²) in [4.78, 5) is 15.4. The van der Waals surface area contributed by atoms with Gasteiger partial charge in [-0.15, -0.1) is 0 Å². The first-order chi connectivity index (χ1) is 8.36. The molecule has 0 unspecified atom stereocenters. The van der Waals surface area contributed by atoms with Crippen molar-refractivity contribution >= 4 is 17.8 Å². The Morgan fingerprint density at radius 1 is 1.29 bits per heavy atom. The fraction of sp³-hybridized carbons (Fsp3) is 0. The normalized spacial score (nSPS) is 10.6. The first kappa shape index (κ1) is 9.91. The predicted molar refractivity (Wildman–Crippen MR) is 62.8 cm³/mol. The van der Waals surface area contributed by atoms with Crippen LogP contribution in [0.5, 0.6) is 6.01 Å². The van der Waals surface area contributed by atoms with E-state index >= 15 is 0 Å². The predicted octanol–water partition coefficient (Wildman–Crippen LogP) is 1.90. The summed E-state index contributed by atoms with van der Waals surface area (Å²) in [5, 5.41) is 0. The van der Waals surface area contributed by atoms with Gasteiger partial charge >= 0.3 is 6.01 Å². The number of imidazole rings is 1. The minimum absolute atomic E-state index is 0.276. The SMILES string of the molecule is S=COc1nc2nc(-c3ccco3)nc-2c[nH]1. The van der Waals surface area contributed by atoms with E-state index in [-0.39, 0.29) is 6.01 Å². The Kier molecular flexibility index (Phi) is 2.30. The second kappa shape index (κ2) is 3.95. The minimum atomic E-state index is 0.276. The largest absolute Gasteiger partial charge is 0.461 e. The molecule has 0 bridgehead atoms. The van der Waals surface area contributed by atoms with E-state index in [1.54, 1.807) is 24.6 Å². The van der Waals surface area contributed by atoms with Crippen molar-refractivity contribution in [3.63, 3.8) is 0 Å². The second-order valence-electron chi connectivity index (χ2n) is 3.15. The molecule has 1 aromatic rings. The summed E-state index contributed by atoms with van der Waals surface area (Å²) < 4.78 is 10.2. The number of H-pyrrole nitrogens is 1. The average Bonchev–Trinajstić information content (AvgIpc) is 2.97. The van der Waals surface area contributed by atoms with Crippen LogP contribution in [-0.2, 0) is 0 Å². The minimum Gasteiger partial charge on any atom is -0.461 e. The molecule has 0 spiro atoms. The van der Waals surface area contributed by atoms with Crippen molar-refractivity contribution in [1.29, 1.82) is 0 Å². The Morgan fingerprint density at radius 2 is 2.24 bits per heavy atom. The summed E-state index contributed by atoms with van der Waals surface area (Å²) in [7, 11) is 0. The molecule has 0 aliphatic carbocycles. The maximum Gasteiger partial charge on any atom is 0.301 e. The first-order valence-corrected chi connectivity index (χ1v) is 5.21. The summed E-state index contributed by atoms with van der Waals surface area (Å²) >= 11 is 4.57. The summed E-state index contributed by atoms with van der Waals surface area (Å²) in [5.41, 5.74) is 1.75. The van der Waals surface area contributed by atoms with Crippen LogP contribution in [0.1, 0.15) is 0 Å². The number of rotatable bonds is 3. The van der Waals surface area contributed by atoms with Gasteiger partial charge < -0.3 is 14.1 Å². The Labute approximate surface area is 101 Å². The molecule has 0 saturated heterocycles. The van der Waals surface area contributed by atoms with E-state index < -0.39 is 0 Å². The van der Waals surface area contributed by atoms with Crippen molar-refractivity contribution in [3.8, 4) is 29.1 Å². The number of thiocarbonyl (C=S) groups is 1. The molecule has 2 aliphatic heterocycles. The number of hydrogen-bond acceptors (Lipinski definition) is 6. The van der Waals surface area contributed by atoms with Gasteiger partial charge in [-0.25, -0.2) is 9.97 Å². The smallest absolute Gasteiger partial charge is 0.301 e. The fourth-order valence-corrected chi connectivity index (χ4v) is 1.50. The topological polar surface area (TPSA) is 76.8 Å². The van der Waals surface area contributed by atoms with E-state index in [0.29, 0.717) is 23.1 Å². The van der Waals surface area contributed by atoms with Crippen LogP contribution in [0.3, 0.4) is 0 Å². The van der Waals surface area contributed by atoms with Gasteiger partial charge in [0.25, 0.3) is 0 Å². The number of furan rings is 1. The van der Waals surface area contributed by atoms with Gasteiger partial charge in [-0.1, -0.05) is 0 Å². The number of aromatic amines is 1. The molecule has 3 rings (SSSR count). The molecule has 0 radical (unpaired) electrons. The molecule has 6 nitrogen and oxygen atoms in total. The average molecular weight is 246 g/mol. The van der Waals surface area contributed by atoms with Gasteiger partial charge in [-0.2, -0.15) is 4.98 Å². The van der Waals surface area contributed by atoms with Crippen LogP contribution < -0.4 is 4.74 Å². The van der Waals surface area contributed by atoms with Crippen LogP contribution in [0.2, 0.25) is 0 Å². The van der Waals surface area contributed by atoms with Crippen LogP contribution in [0.15, 0.2) is 29.0 Å². The zero-order chi connectivity index (χ0) is 11.7. The molecule has 0 atom stereocenters. The molecule has 0 amide bonds. The van der Waals surface area contributed by atoms with Crippen molar-refractivity contribution in [2.24, 2.45) is 0 Å². The van der Waals surface area contributed by atoms with Crippen molar-refractivity contribution in [1.82, 2.24) is 19.9 Å². The highest BCUT2D eigenvalue weighted by atomic mass is 32.1. The number of fused-ring (bicyclic) bond motifs is 1. The van der Waals surface area contributed by atoms with Crippen molar-refractivity contribution < 1.29 is 9.15 Å². The molecule has 2 aliphatic rings. The lowest BCUT2D eigenvalue weighted by Crippen LogP contribution is -1.96. The highest BCUT2D eigenvalue weighted by molar-refractivity contribution is 7.78. The highest BCUT2D eigenvalue weighted by Gasteiger charge is 2.16. The molecule has 7 heteroatoms. The molecule has 3 heterocycles. The molecule has 1 N–H and O–H groups in total. The van der Waals surface area contributed by atoms with Crippen LogP contribution in [-0.4, -0.2) is 25.5 Å². The Bertz CT molecular complexity index is 619. The van der Waals surface area contributed by atoms with Gasteiger partial charge in [-0.3, -0.25) is 0 Å². The van der Waals surface area contributed by atoms with E-state index in [1.165, 1.54) is 0 Å². The monoisotopic (exact) mass is 246 g/mol. The van der Waals surface area contributed by atoms with Gasteiger partial charge in [0.1, 0.15) is 5.69 Å². The quantitative estimate of drug-likeness (QED) is 0.711. The lowest BCUT2D eigenvalue weighted by molar-refractivity contribution is 0.532. The number of aromatic nitrogens is 4. The van der Waals surface area contributed by atoms with E-state index in [9.17, 15) is 0 Å². The first-order valence-electron chi connectivity index (χ1n) is 4.74. The standard InChI is InChI=1S/C10H6N4O2S/c17-5-16-10-11-4-6-8(14-10)13-9(12-6)7-2-1-3-15-7/h1-5H,(H,11,12,13,14). The molecule has 0 saturated carbocycles. The number of ether oxygens (including phenoxy) is 1. The Hall–Kier alpha value is -2.28.